The average molecular weight is 280 g/mol. The topological polar surface area (TPSA) is 102 Å². The molecule has 0 saturated heterocycles. The number of hydrogen-bond acceptors (Lipinski definition) is 5. The molecule has 1 aromatic rings. The second-order valence-electron chi connectivity index (χ2n) is 3.97. The first kappa shape index (κ1) is 15.5. The van der Waals surface area contributed by atoms with E-state index in [0.29, 0.717) is 18.0 Å². The number of nitrogens with one attached hydrogen (secondary N) is 1. The van der Waals surface area contributed by atoms with E-state index in [-0.39, 0.29) is 12.1 Å². The lowest BCUT2D eigenvalue weighted by Crippen LogP contribution is -2.28. The number of carboxylic acids is 1. The van der Waals surface area contributed by atoms with E-state index in [9.17, 15) is 14.9 Å². The molecule has 7 nitrogen and oxygen atoms in total. The van der Waals surface area contributed by atoms with Gasteiger partial charge in [0.25, 0.3) is 5.69 Å². The lowest BCUT2D eigenvalue weighted by molar-refractivity contribution is -0.384. The number of nitrogens with zero attached hydrogens (tertiary/aromatic N) is 1. The Morgan fingerprint density at radius 3 is 2.80 bits per heavy atom. The Labute approximate surface area is 116 Å². The van der Waals surface area contributed by atoms with E-state index in [0.717, 1.165) is 0 Å². The fraction of sp³-hybridized carbons (Fsp3) is 0.308. The van der Waals surface area contributed by atoms with Crippen LogP contribution in [0.3, 0.4) is 0 Å². The standard InChI is InChI=1S/C13H16N2O5/c1-3-5-12(13(16)17)14-9-6-10(15(18)19)8-11(7-9)20-4-2/h3,6-8,12,14H,1,4-5H2,2H3,(H,16,17). The van der Waals surface area contributed by atoms with Crippen LogP contribution in [0.15, 0.2) is 30.9 Å². The van der Waals surface area contributed by atoms with E-state index in [2.05, 4.69) is 11.9 Å². The van der Waals surface area contributed by atoms with Crippen molar-refractivity contribution >= 4 is 17.3 Å². The Kier molecular flexibility index (Phi) is 5.52. The predicted octanol–water partition coefficient (Wildman–Crippen LogP) is 2.43. The number of carbonyl (C=O) groups is 1. The highest BCUT2D eigenvalue weighted by Crippen LogP contribution is 2.26. The minimum atomic E-state index is -1.06. The number of carboxylic acid groups (broad SMARTS) is 1. The third-order valence-corrected chi connectivity index (χ3v) is 2.45. The zero-order valence-corrected chi connectivity index (χ0v) is 11.0. The van der Waals surface area contributed by atoms with Crippen LogP contribution in [0.1, 0.15) is 13.3 Å². The van der Waals surface area contributed by atoms with Crippen molar-refractivity contribution in [1.82, 2.24) is 0 Å². The van der Waals surface area contributed by atoms with Gasteiger partial charge >= 0.3 is 5.97 Å². The van der Waals surface area contributed by atoms with Crippen molar-refractivity contribution in [2.45, 2.75) is 19.4 Å². The van der Waals surface area contributed by atoms with Crippen LogP contribution >= 0.6 is 0 Å². The lowest BCUT2D eigenvalue weighted by atomic mass is 10.2. The third kappa shape index (κ3) is 4.27. The van der Waals surface area contributed by atoms with Gasteiger partial charge in [0.05, 0.1) is 17.6 Å². The number of nitro groups is 1. The molecule has 0 heterocycles. The molecule has 0 aliphatic carbocycles. The second-order valence-corrected chi connectivity index (χ2v) is 3.97. The summed E-state index contributed by atoms with van der Waals surface area (Å²) in [4.78, 5) is 21.3. The average Bonchev–Trinajstić information content (AvgIpc) is 2.38. The molecule has 0 radical (unpaired) electrons. The smallest absolute Gasteiger partial charge is 0.326 e. The maximum Gasteiger partial charge on any atom is 0.326 e. The summed E-state index contributed by atoms with van der Waals surface area (Å²) in [6, 6.07) is 3.18. The molecule has 0 spiro atoms. The molecule has 1 unspecified atom stereocenters. The summed E-state index contributed by atoms with van der Waals surface area (Å²) in [5, 5.41) is 22.6. The monoisotopic (exact) mass is 280 g/mol. The largest absolute Gasteiger partial charge is 0.494 e. The van der Waals surface area contributed by atoms with Crippen molar-refractivity contribution in [3.63, 3.8) is 0 Å². The van der Waals surface area contributed by atoms with Crippen molar-refractivity contribution in [2.75, 3.05) is 11.9 Å². The molecule has 1 rings (SSSR count). The van der Waals surface area contributed by atoms with E-state index in [1.807, 2.05) is 0 Å². The first-order valence-electron chi connectivity index (χ1n) is 6.00. The second kappa shape index (κ2) is 7.13. The van der Waals surface area contributed by atoms with Gasteiger partial charge in [-0.05, 0) is 13.3 Å². The van der Waals surface area contributed by atoms with E-state index < -0.39 is 16.9 Å². The van der Waals surface area contributed by atoms with Crippen LogP contribution in [-0.4, -0.2) is 28.6 Å². The molecular weight excluding hydrogens is 264 g/mol. The summed E-state index contributed by atoms with van der Waals surface area (Å²) in [5.41, 5.74) is 0.151. The summed E-state index contributed by atoms with van der Waals surface area (Å²) in [6.07, 6.45) is 1.66. The third-order valence-electron chi connectivity index (χ3n) is 2.45. The number of rotatable bonds is 8. The normalized spacial score (nSPS) is 11.4. The molecule has 1 aromatic carbocycles. The van der Waals surface area contributed by atoms with Gasteiger partial charge in [-0.15, -0.1) is 6.58 Å². The van der Waals surface area contributed by atoms with Crippen LogP contribution in [-0.2, 0) is 4.79 Å². The summed E-state index contributed by atoms with van der Waals surface area (Å²) in [6.45, 7) is 5.59. The molecule has 0 fully saturated rings. The molecule has 1 atom stereocenters. The van der Waals surface area contributed by atoms with Gasteiger partial charge in [0.2, 0.25) is 0 Å². The van der Waals surface area contributed by atoms with Gasteiger partial charge in [-0.25, -0.2) is 4.79 Å². The van der Waals surface area contributed by atoms with Gasteiger partial charge in [-0.1, -0.05) is 6.08 Å². The SMILES string of the molecule is C=CCC(Nc1cc(OCC)cc([N+](=O)[O-])c1)C(=O)O. The Morgan fingerprint density at radius 2 is 2.30 bits per heavy atom. The van der Waals surface area contributed by atoms with E-state index in [1.165, 1.54) is 24.3 Å². The summed E-state index contributed by atoms with van der Waals surface area (Å²) >= 11 is 0. The van der Waals surface area contributed by atoms with Gasteiger partial charge in [-0.3, -0.25) is 10.1 Å². The van der Waals surface area contributed by atoms with E-state index >= 15 is 0 Å². The molecule has 0 bridgehead atoms. The summed E-state index contributed by atoms with van der Waals surface area (Å²) < 4.78 is 5.23. The van der Waals surface area contributed by atoms with Crippen molar-refractivity contribution < 1.29 is 19.6 Å². The van der Waals surface area contributed by atoms with Gasteiger partial charge in [0.15, 0.2) is 0 Å². The zero-order valence-electron chi connectivity index (χ0n) is 11.0. The Bertz CT molecular complexity index is 515. The molecule has 0 saturated carbocycles. The van der Waals surface area contributed by atoms with Gasteiger partial charge in [-0.2, -0.15) is 0 Å². The fourth-order valence-electron chi connectivity index (χ4n) is 1.61. The number of benzene rings is 1. The van der Waals surface area contributed by atoms with E-state index in [1.54, 1.807) is 6.92 Å². The maximum absolute atomic E-state index is 11.0. The van der Waals surface area contributed by atoms with Crippen LogP contribution in [0.2, 0.25) is 0 Å². The van der Waals surface area contributed by atoms with Crippen molar-refractivity contribution in [3.8, 4) is 5.75 Å². The Balaban J connectivity index is 3.05. The highest BCUT2D eigenvalue weighted by atomic mass is 16.6. The number of ether oxygens (including phenoxy) is 1. The number of anilines is 1. The van der Waals surface area contributed by atoms with Gasteiger partial charge in [0, 0.05) is 17.8 Å². The van der Waals surface area contributed by atoms with Crippen LogP contribution in [0.4, 0.5) is 11.4 Å². The first-order chi connectivity index (χ1) is 9.47. The maximum atomic E-state index is 11.0. The van der Waals surface area contributed by atoms with Gasteiger partial charge in [0.1, 0.15) is 11.8 Å². The summed E-state index contributed by atoms with van der Waals surface area (Å²) in [5.74, 6) is -0.749. The number of nitro benzene ring substituents is 1. The van der Waals surface area contributed by atoms with Crippen molar-refractivity contribution in [2.24, 2.45) is 0 Å². The Hall–Kier alpha value is -2.57. The van der Waals surface area contributed by atoms with Crippen LogP contribution in [0.5, 0.6) is 5.75 Å². The molecule has 2 N–H and O–H groups in total. The quantitative estimate of drug-likeness (QED) is 0.431. The number of aliphatic carboxylic acids is 1. The molecule has 0 amide bonds. The molecule has 0 aliphatic rings. The Morgan fingerprint density at radius 1 is 1.60 bits per heavy atom. The van der Waals surface area contributed by atoms with Crippen LogP contribution in [0, 0.1) is 10.1 Å². The summed E-state index contributed by atoms with van der Waals surface area (Å²) in [7, 11) is 0. The van der Waals surface area contributed by atoms with E-state index in [4.69, 9.17) is 9.84 Å². The van der Waals surface area contributed by atoms with Gasteiger partial charge < -0.3 is 15.2 Å². The highest BCUT2D eigenvalue weighted by Gasteiger charge is 2.18. The van der Waals surface area contributed by atoms with Crippen LogP contribution in [0.25, 0.3) is 0 Å². The molecule has 7 heteroatoms. The lowest BCUT2D eigenvalue weighted by Gasteiger charge is -2.14. The minimum Gasteiger partial charge on any atom is -0.494 e. The number of hydrogen-bond donors (Lipinski definition) is 2. The molecular formula is C13H16N2O5. The van der Waals surface area contributed by atoms with Crippen molar-refractivity contribution in [1.29, 1.82) is 0 Å². The minimum absolute atomic E-state index is 0.166. The first-order valence-corrected chi connectivity index (χ1v) is 6.00. The molecule has 20 heavy (non-hydrogen) atoms. The molecule has 0 aliphatic heterocycles. The fourth-order valence-corrected chi connectivity index (χ4v) is 1.61. The molecule has 0 aromatic heterocycles. The van der Waals surface area contributed by atoms with Crippen molar-refractivity contribution in [3.05, 3.63) is 41.0 Å². The highest BCUT2D eigenvalue weighted by molar-refractivity contribution is 5.78. The zero-order chi connectivity index (χ0) is 15.1. The number of non-ortho nitro benzene ring substituents is 1. The van der Waals surface area contributed by atoms with Crippen LogP contribution < -0.4 is 10.1 Å². The predicted molar refractivity (Wildman–Crippen MR) is 74.1 cm³/mol. The molecule has 108 valence electrons.